The number of rotatable bonds is 3. The first-order valence-electron chi connectivity index (χ1n) is 7.10. The number of benzene rings is 2. The standard InChI is InChI=1S/C19H9Cl4NO/c20-15-4-1-11(8-17(15)22)13(10-24)7-14-3-6-19(25-14)12-2-5-16(21)18(23)9-12/h1-9H/b13-7+. The first-order valence-corrected chi connectivity index (χ1v) is 8.61. The summed E-state index contributed by atoms with van der Waals surface area (Å²) in [6, 6.07) is 16.0. The zero-order chi connectivity index (χ0) is 18.0. The van der Waals surface area contributed by atoms with E-state index in [1.807, 2.05) is 6.07 Å². The molecule has 0 aliphatic rings. The van der Waals surface area contributed by atoms with Crippen molar-refractivity contribution in [3.63, 3.8) is 0 Å². The summed E-state index contributed by atoms with van der Waals surface area (Å²) in [7, 11) is 0. The van der Waals surface area contributed by atoms with Crippen LogP contribution in [0.25, 0.3) is 23.0 Å². The summed E-state index contributed by atoms with van der Waals surface area (Å²) in [6.45, 7) is 0. The minimum absolute atomic E-state index is 0.385. The number of allylic oxidation sites excluding steroid dienone is 1. The Hall–Kier alpha value is -1.89. The van der Waals surface area contributed by atoms with Gasteiger partial charge in [0, 0.05) is 5.56 Å². The van der Waals surface area contributed by atoms with E-state index in [4.69, 9.17) is 50.8 Å². The third-order valence-corrected chi connectivity index (χ3v) is 4.95. The van der Waals surface area contributed by atoms with Crippen LogP contribution in [0, 0.1) is 11.3 Å². The molecule has 0 amide bonds. The maximum atomic E-state index is 9.42. The van der Waals surface area contributed by atoms with Crippen molar-refractivity contribution in [1.82, 2.24) is 0 Å². The molecule has 0 saturated heterocycles. The molecule has 3 aromatic rings. The van der Waals surface area contributed by atoms with Crippen LogP contribution in [-0.4, -0.2) is 0 Å². The molecule has 25 heavy (non-hydrogen) atoms. The molecule has 0 aliphatic heterocycles. The van der Waals surface area contributed by atoms with Crippen LogP contribution in [-0.2, 0) is 0 Å². The molecular weight excluding hydrogens is 400 g/mol. The molecule has 3 rings (SSSR count). The van der Waals surface area contributed by atoms with E-state index in [0.717, 1.165) is 5.56 Å². The van der Waals surface area contributed by atoms with Crippen molar-refractivity contribution in [2.45, 2.75) is 0 Å². The molecular formula is C19H9Cl4NO. The molecule has 124 valence electrons. The van der Waals surface area contributed by atoms with Gasteiger partial charge in [-0.15, -0.1) is 0 Å². The van der Waals surface area contributed by atoms with E-state index in [1.165, 1.54) is 0 Å². The molecule has 0 atom stereocenters. The maximum absolute atomic E-state index is 9.42. The monoisotopic (exact) mass is 407 g/mol. The number of halogens is 4. The van der Waals surface area contributed by atoms with E-state index < -0.39 is 0 Å². The third kappa shape index (κ3) is 4.03. The van der Waals surface area contributed by atoms with Crippen molar-refractivity contribution < 1.29 is 4.42 Å². The van der Waals surface area contributed by atoms with Crippen molar-refractivity contribution in [2.24, 2.45) is 0 Å². The van der Waals surface area contributed by atoms with Crippen molar-refractivity contribution in [3.8, 4) is 17.4 Å². The predicted octanol–water partition coefficient (Wildman–Crippen LogP) is 7.62. The van der Waals surface area contributed by atoms with Crippen LogP contribution in [0.3, 0.4) is 0 Å². The summed E-state index contributed by atoms with van der Waals surface area (Å²) >= 11 is 23.9. The predicted molar refractivity (Wildman–Crippen MR) is 104 cm³/mol. The Morgan fingerprint density at radius 2 is 1.52 bits per heavy atom. The zero-order valence-corrected chi connectivity index (χ0v) is 15.6. The number of hydrogen-bond acceptors (Lipinski definition) is 2. The SMILES string of the molecule is N#C/C(=C\c1ccc(-c2ccc(Cl)c(Cl)c2)o1)c1ccc(Cl)c(Cl)c1. The molecule has 0 fully saturated rings. The van der Waals surface area contributed by atoms with Gasteiger partial charge in [0.25, 0.3) is 0 Å². The van der Waals surface area contributed by atoms with Crippen LogP contribution in [0.1, 0.15) is 11.3 Å². The minimum atomic E-state index is 0.385. The summed E-state index contributed by atoms with van der Waals surface area (Å²) in [6.07, 6.45) is 1.64. The highest BCUT2D eigenvalue weighted by Crippen LogP contribution is 2.31. The Morgan fingerprint density at radius 3 is 2.16 bits per heavy atom. The van der Waals surface area contributed by atoms with Crippen molar-refractivity contribution in [3.05, 3.63) is 79.9 Å². The molecule has 2 aromatic carbocycles. The summed E-state index contributed by atoms with van der Waals surface area (Å²) in [5.74, 6) is 1.15. The number of nitrogens with zero attached hydrogens (tertiary/aromatic N) is 1. The Kier molecular flexibility index (Phi) is 5.42. The smallest absolute Gasteiger partial charge is 0.134 e. The molecule has 0 unspecified atom stereocenters. The summed E-state index contributed by atoms with van der Waals surface area (Å²) in [4.78, 5) is 0. The Balaban J connectivity index is 1.95. The zero-order valence-electron chi connectivity index (χ0n) is 12.6. The molecule has 0 spiro atoms. The Morgan fingerprint density at radius 1 is 0.840 bits per heavy atom. The molecule has 1 heterocycles. The van der Waals surface area contributed by atoms with Gasteiger partial charge in [0.15, 0.2) is 0 Å². The molecule has 2 nitrogen and oxygen atoms in total. The van der Waals surface area contributed by atoms with E-state index in [9.17, 15) is 5.26 Å². The van der Waals surface area contributed by atoms with Crippen molar-refractivity contribution in [2.75, 3.05) is 0 Å². The van der Waals surface area contributed by atoms with Gasteiger partial charge in [-0.3, -0.25) is 0 Å². The van der Waals surface area contributed by atoms with Gasteiger partial charge in [0.05, 0.1) is 31.7 Å². The minimum Gasteiger partial charge on any atom is -0.457 e. The highest BCUT2D eigenvalue weighted by Gasteiger charge is 2.09. The van der Waals surface area contributed by atoms with Gasteiger partial charge in [0.2, 0.25) is 0 Å². The van der Waals surface area contributed by atoms with Gasteiger partial charge in [-0.1, -0.05) is 52.5 Å². The quantitative estimate of drug-likeness (QED) is 0.417. The van der Waals surface area contributed by atoms with E-state index in [2.05, 4.69) is 6.07 Å². The van der Waals surface area contributed by atoms with Crippen LogP contribution < -0.4 is 0 Å². The number of nitriles is 1. The summed E-state index contributed by atoms with van der Waals surface area (Å²) in [5, 5.41) is 11.2. The first-order chi connectivity index (χ1) is 12.0. The van der Waals surface area contributed by atoms with Gasteiger partial charge in [0.1, 0.15) is 11.5 Å². The molecule has 0 radical (unpaired) electrons. The first kappa shape index (κ1) is 17.9. The lowest BCUT2D eigenvalue weighted by Gasteiger charge is -2.01. The fourth-order valence-corrected chi connectivity index (χ4v) is 2.82. The van der Waals surface area contributed by atoms with Crippen molar-refractivity contribution in [1.29, 1.82) is 5.26 Å². The Labute approximate surface area is 164 Å². The molecule has 6 heteroatoms. The molecule has 0 saturated carbocycles. The lowest BCUT2D eigenvalue weighted by Crippen LogP contribution is -1.82. The second-order valence-electron chi connectivity index (χ2n) is 5.13. The van der Waals surface area contributed by atoms with Gasteiger partial charge in [-0.2, -0.15) is 5.26 Å². The molecule has 0 N–H and O–H groups in total. The van der Waals surface area contributed by atoms with E-state index in [0.29, 0.717) is 42.7 Å². The van der Waals surface area contributed by atoms with Gasteiger partial charge in [-0.25, -0.2) is 0 Å². The largest absolute Gasteiger partial charge is 0.457 e. The fourth-order valence-electron chi connectivity index (χ4n) is 2.22. The maximum Gasteiger partial charge on any atom is 0.134 e. The van der Waals surface area contributed by atoms with Crippen LogP contribution >= 0.6 is 46.4 Å². The molecule has 0 aliphatic carbocycles. The molecule has 0 bridgehead atoms. The topological polar surface area (TPSA) is 36.9 Å². The van der Waals surface area contributed by atoms with E-state index in [-0.39, 0.29) is 0 Å². The van der Waals surface area contributed by atoms with E-state index >= 15 is 0 Å². The van der Waals surface area contributed by atoms with Crippen molar-refractivity contribution >= 4 is 58.1 Å². The summed E-state index contributed by atoms with van der Waals surface area (Å²) in [5.41, 5.74) is 1.86. The van der Waals surface area contributed by atoms with E-state index in [1.54, 1.807) is 48.5 Å². The lowest BCUT2D eigenvalue weighted by molar-refractivity contribution is 0.572. The average Bonchev–Trinajstić information content (AvgIpc) is 3.06. The number of furan rings is 1. The normalized spacial score (nSPS) is 11.4. The van der Waals surface area contributed by atoms with Crippen LogP contribution in [0.2, 0.25) is 20.1 Å². The number of hydrogen-bond donors (Lipinski definition) is 0. The molecule has 1 aromatic heterocycles. The Bertz CT molecular complexity index is 1010. The van der Waals surface area contributed by atoms with Crippen LogP contribution in [0.15, 0.2) is 52.9 Å². The second kappa shape index (κ2) is 7.56. The third-order valence-electron chi connectivity index (χ3n) is 3.47. The van der Waals surface area contributed by atoms with Gasteiger partial charge >= 0.3 is 0 Å². The van der Waals surface area contributed by atoms with Gasteiger partial charge < -0.3 is 4.42 Å². The second-order valence-corrected chi connectivity index (χ2v) is 6.76. The highest BCUT2D eigenvalue weighted by molar-refractivity contribution is 6.42. The van der Waals surface area contributed by atoms with Crippen LogP contribution in [0.4, 0.5) is 0 Å². The van der Waals surface area contributed by atoms with Gasteiger partial charge in [-0.05, 0) is 54.1 Å². The fraction of sp³-hybridized carbons (Fsp3) is 0. The summed E-state index contributed by atoms with van der Waals surface area (Å²) < 4.78 is 5.78. The highest BCUT2D eigenvalue weighted by atomic mass is 35.5. The lowest BCUT2D eigenvalue weighted by atomic mass is 10.1. The van der Waals surface area contributed by atoms with Crippen LogP contribution in [0.5, 0.6) is 0 Å². The average molecular weight is 409 g/mol.